The van der Waals surface area contributed by atoms with Crippen LogP contribution in [0.15, 0.2) is 71.8 Å². The summed E-state index contributed by atoms with van der Waals surface area (Å²) in [5, 5.41) is 0. The van der Waals surface area contributed by atoms with Gasteiger partial charge < -0.3 is 9.80 Å². The molecule has 1 aliphatic heterocycles. The molecule has 0 aliphatic carbocycles. The fraction of sp³-hybridized carbons (Fsp3) is 0.296. The molecular weight excluding hydrogens is 476 g/mol. The highest BCUT2D eigenvalue weighted by Gasteiger charge is 2.30. The first-order valence-electron chi connectivity index (χ1n) is 11.9. The normalized spacial score (nSPS) is 13.1. The van der Waals surface area contributed by atoms with Crippen molar-refractivity contribution in [1.82, 2.24) is 14.8 Å². The van der Waals surface area contributed by atoms with Crippen LogP contribution < -0.4 is 4.31 Å². The van der Waals surface area contributed by atoms with E-state index in [0.29, 0.717) is 38.3 Å². The molecule has 188 valence electrons. The van der Waals surface area contributed by atoms with Crippen LogP contribution in [0.5, 0.6) is 0 Å². The van der Waals surface area contributed by atoms with E-state index in [1.807, 2.05) is 38.1 Å². The highest BCUT2D eigenvalue weighted by molar-refractivity contribution is 7.92. The summed E-state index contributed by atoms with van der Waals surface area (Å²) in [5.74, 6) is -0.322. The van der Waals surface area contributed by atoms with Crippen molar-refractivity contribution in [3.8, 4) is 0 Å². The molecule has 0 unspecified atom stereocenters. The average Bonchev–Trinajstić information content (AvgIpc) is 2.90. The summed E-state index contributed by atoms with van der Waals surface area (Å²) >= 11 is 0. The number of carbonyl (C=O) groups excluding carboxylic acids is 2. The average molecular weight is 507 g/mol. The summed E-state index contributed by atoms with van der Waals surface area (Å²) in [7, 11) is -4.07. The van der Waals surface area contributed by atoms with Gasteiger partial charge in [-0.2, -0.15) is 0 Å². The molecule has 0 spiro atoms. The maximum atomic E-state index is 13.9. The minimum atomic E-state index is -4.07. The van der Waals surface area contributed by atoms with Gasteiger partial charge in [0.15, 0.2) is 0 Å². The van der Waals surface area contributed by atoms with Crippen LogP contribution in [0.3, 0.4) is 0 Å². The first kappa shape index (κ1) is 25.4. The Labute approximate surface area is 212 Å². The number of amides is 2. The van der Waals surface area contributed by atoms with Crippen LogP contribution in [0.1, 0.15) is 29.3 Å². The summed E-state index contributed by atoms with van der Waals surface area (Å²) < 4.78 is 29.0. The lowest BCUT2D eigenvalue weighted by Gasteiger charge is -2.29. The van der Waals surface area contributed by atoms with Crippen LogP contribution in [0.2, 0.25) is 0 Å². The molecule has 1 aliphatic rings. The Morgan fingerprint density at radius 1 is 1.08 bits per heavy atom. The number of pyridine rings is 1. The van der Waals surface area contributed by atoms with E-state index in [4.69, 9.17) is 0 Å². The van der Waals surface area contributed by atoms with Crippen molar-refractivity contribution in [1.29, 1.82) is 0 Å². The predicted molar refractivity (Wildman–Crippen MR) is 138 cm³/mol. The Morgan fingerprint density at radius 2 is 1.86 bits per heavy atom. The molecular formula is C27H30N4O4S. The molecule has 3 aromatic rings. The van der Waals surface area contributed by atoms with Gasteiger partial charge in [-0.05, 0) is 67.8 Å². The molecule has 0 N–H and O–H groups in total. The third kappa shape index (κ3) is 5.57. The largest absolute Gasteiger partial charge is 0.341 e. The molecule has 4 rings (SSSR count). The van der Waals surface area contributed by atoms with Gasteiger partial charge in [-0.1, -0.05) is 29.8 Å². The van der Waals surface area contributed by atoms with Gasteiger partial charge in [0.2, 0.25) is 12.3 Å². The summed E-state index contributed by atoms with van der Waals surface area (Å²) in [6.45, 7) is 5.10. The molecule has 0 fully saturated rings. The number of fused-ring (bicyclic) bond motifs is 1. The van der Waals surface area contributed by atoms with Crippen molar-refractivity contribution in [3.63, 3.8) is 0 Å². The highest BCUT2D eigenvalue weighted by atomic mass is 32.2. The lowest BCUT2D eigenvalue weighted by molar-refractivity contribution is -0.130. The molecule has 0 saturated carbocycles. The van der Waals surface area contributed by atoms with E-state index in [1.165, 1.54) is 0 Å². The summed E-state index contributed by atoms with van der Waals surface area (Å²) in [5.41, 5.74) is 3.95. The molecule has 0 saturated heterocycles. The minimum absolute atomic E-state index is 0.0927. The van der Waals surface area contributed by atoms with Gasteiger partial charge >= 0.3 is 0 Å². The second kappa shape index (κ2) is 10.9. The van der Waals surface area contributed by atoms with E-state index in [9.17, 15) is 18.0 Å². The number of hydrogen-bond donors (Lipinski definition) is 0. The van der Waals surface area contributed by atoms with Crippen LogP contribution in [0, 0.1) is 6.92 Å². The number of likely N-dealkylation sites (N-methyl/N-ethyl adjacent to an activating group) is 1. The fourth-order valence-corrected chi connectivity index (χ4v) is 5.71. The Kier molecular flexibility index (Phi) is 7.69. The van der Waals surface area contributed by atoms with Crippen LogP contribution in [0.4, 0.5) is 5.69 Å². The Bertz CT molecular complexity index is 1330. The zero-order valence-corrected chi connectivity index (χ0v) is 21.3. The van der Waals surface area contributed by atoms with Gasteiger partial charge in [0.05, 0.1) is 22.8 Å². The zero-order chi connectivity index (χ0) is 25.7. The lowest BCUT2D eigenvalue weighted by atomic mass is 10.0. The number of hydrogen-bond acceptors (Lipinski definition) is 5. The van der Waals surface area contributed by atoms with E-state index < -0.39 is 10.0 Å². The van der Waals surface area contributed by atoms with Crippen LogP contribution in [-0.4, -0.2) is 55.2 Å². The number of anilines is 1. The number of rotatable bonds is 9. The maximum Gasteiger partial charge on any atom is 0.264 e. The molecule has 2 amide bonds. The quantitative estimate of drug-likeness (QED) is 0.416. The van der Waals surface area contributed by atoms with Gasteiger partial charge in [-0.3, -0.25) is 18.9 Å². The van der Waals surface area contributed by atoms with Crippen molar-refractivity contribution < 1.29 is 18.0 Å². The predicted octanol–water partition coefficient (Wildman–Crippen LogP) is 3.15. The molecule has 1 aromatic heterocycles. The second-order valence-corrected chi connectivity index (χ2v) is 10.7. The van der Waals surface area contributed by atoms with Crippen LogP contribution in [-0.2, 0) is 39.1 Å². The zero-order valence-electron chi connectivity index (χ0n) is 20.5. The van der Waals surface area contributed by atoms with Gasteiger partial charge in [-0.25, -0.2) is 8.42 Å². The molecule has 2 heterocycles. The van der Waals surface area contributed by atoms with E-state index in [-0.39, 0.29) is 17.3 Å². The number of benzene rings is 2. The van der Waals surface area contributed by atoms with E-state index in [2.05, 4.69) is 4.98 Å². The standard InChI is InChI=1S/C27H30N4O4S/c1-3-30(18-24-6-4-5-14-28-24)27(33)19-31(25-10-7-21(2)8-11-25)36(34,35)26-12-9-22-13-15-29(20-32)17-23(22)16-26/h4-12,14,16,20H,3,13,15,17-19H2,1-2H3. The monoisotopic (exact) mass is 506 g/mol. The summed E-state index contributed by atoms with van der Waals surface area (Å²) in [6, 6.07) is 17.6. The van der Waals surface area contributed by atoms with Crippen LogP contribution in [0.25, 0.3) is 0 Å². The fourth-order valence-electron chi connectivity index (χ4n) is 4.25. The van der Waals surface area contributed by atoms with E-state index in [0.717, 1.165) is 33.1 Å². The van der Waals surface area contributed by atoms with Crippen molar-refractivity contribution in [3.05, 3.63) is 89.2 Å². The number of carbonyl (C=O) groups is 2. The van der Waals surface area contributed by atoms with E-state index in [1.54, 1.807) is 52.4 Å². The Balaban J connectivity index is 1.67. The first-order chi connectivity index (χ1) is 17.3. The van der Waals surface area contributed by atoms with Gasteiger partial charge in [-0.15, -0.1) is 0 Å². The maximum absolute atomic E-state index is 13.9. The topological polar surface area (TPSA) is 90.9 Å². The van der Waals surface area contributed by atoms with Gasteiger partial charge in [0.1, 0.15) is 6.54 Å². The number of sulfonamides is 1. The number of nitrogens with zero attached hydrogens (tertiary/aromatic N) is 4. The smallest absolute Gasteiger partial charge is 0.264 e. The Morgan fingerprint density at radius 3 is 2.53 bits per heavy atom. The lowest BCUT2D eigenvalue weighted by Crippen LogP contribution is -2.43. The van der Waals surface area contributed by atoms with Crippen molar-refractivity contribution in [2.75, 3.05) is 23.9 Å². The molecule has 0 atom stereocenters. The number of aromatic nitrogens is 1. The third-order valence-electron chi connectivity index (χ3n) is 6.37. The molecule has 0 bridgehead atoms. The highest BCUT2D eigenvalue weighted by Crippen LogP contribution is 2.28. The Hall–Kier alpha value is -3.72. The van der Waals surface area contributed by atoms with Crippen molar-refractivity contribution in [2.24, 2.45) is 0 Å². The molecule has 2 aromatic carbocycles. The molecule has 9 heteroatoms. The summed E-state index contributed by atoms with van der Waals surface area (Å²) in [4.78, 5) is 32.2. The summed E-state index contributed by atoms with van der Waals surface area (Å²) in [6.07, 6.45) is 3.12. The second-order valence-electron chi connectivity index (χ2n) is 8.83. The van der Waals surface area contributed by atoms with Crippen molar-refractivity contribution >= 4 is 28.0 Å². The van der Waals surface area contributed by atoms with Crippen LogP contribution >= 0.6 is 0 Å². The van der Waals surface area contributed by atoms with Gasteiger partial charge in [0, 0.05) is 25.8 Å². The number of aryl methyl sites for hydroxylation is 1. The van der Waals surface area contributed by atoms with Gasteiger partial charge in [0.25, 0.3) is 10.0 Å². The third-order valence-corrected chi connectivity index (χ3v) is 8.14. The molecule has 36 heavy (non-hydrogen) atoms. The first-order valence-corrected chi connectivity index (χ1v) is 13.3. The molecule has 0 radical (unpaired) electrons. The minimum Gasteiger partial charge on any atom is -0.341 e. The SMILES string of the molecule is CCN(Cc1ccccn1)C(=O)CN(c1ccc(C)cc1)S(=O)(=O)c1ccc2c(c1)CN(C=O)CC2. The molecule has 8 nitrogen and oxygen atoms in total. The van der Waals surface area contributed by atoms with Crippen molar-refractivity contribution in [2.45, 2.75) is 38.3 Å². The van der Waals surface area contributed by atoms with E-state index >= 15 is 0 Å².